The van der Waals surface area contributed by atoms with E-state index in [1.165, 1.54) is 18.6 Å². The lowest BCUT2D eigenvalue weighted by Crippen LogP contribution is -2.40. The third kappa shape index (κ3) is 5.87. The lowest BCUT2D eigenvalue weighted by Gasteiger charge is -2.27. The van der Waals surface area contributed by atoms with Gasteiger partial charge in [0.2, 0.25) is 11.8 Å². The predicted octanol–water partition coefficient (Wildman–Crippen LogP) is 4.50. The van der Waals surface area contributed by atoms with Gasteiger partial charge in [-0.25, -0.2) is 18.1 Å². The minimum atomic E-state index is -3.99. The summed E-state index contributed by atoms with van der Waals surface area (Å²) >= 11 is 0. The lowest BCUT2D eigenvalue weighted by atomic mass is 9.79. The van der Waals surface area contributed by atoms with Crippen molar-refractivity contribution in [3.05, 3.63) is 41.6 Å². The van der Waals surface area contributed by atoms with Crippen molar-refractivity contribution in [1.29, 1.82) is 0 Å². The molecular formula is C25H34N4O4S. The molecule has 1 aliphatic heterocycles. The van der Waals surface area contributed by atoms with Crippen LogP contribution in [0, 0.1) is 11.8 Å². The molecule has 1 aromatic carbocycles. The molecule has 34 heavy (non-hydrogen) atoms. The van der Waals surface area contributed by atoms with E-state index in [-0.39, 0.29) is 40.9 Å². The van der Waals surface area contributed by atoms with Crippen LogP contribution >= 0.6 is 0 Å². The van der Waals surface area contributed by atoms with Crippen molar-refractivity contribution in [3.8, 4) is 5.88 Å². The molecule has 2 heterocycles. The highest BCUT2D eigenvalue weighted by atomic mass is 32.2. The van der Waals surface area contributed by atoms with Crippen LogP contribution in [-0.2, 0) is 10.0 Å². The summed E-state index contributed by atoms with van der Waals surface area (Å²) in [5, 5.41) is 3.00. The SMILES string of the molecule is CCC1CCC(c2cc3nc(n2)NS(=O)(=O)c2cccc(c2)C(=O)N[C@H](CC(C)C)CO3)CC1. The van der Waals surface area contributed by atoms with Crippen LogP contribution in [0.25, 0.3) is 0 Å². The summed E-state index contributed by atoms with van der Waals surface area (Å²) in [6, 6.07) is 7.57. The molecule has 1 amide bonds. The fourth-order valence-electron chi connectivity index (χ4n) is 4.81. The monoisotopic (exact) mass is 486 g/mol. The lowest BCUT2D eigenvalue weighted by molar-refractivity contribution is 0.0913. The normalized spacial score (nSPS) is 24.6. The molecule has 4 rings (SSSR count). The number of amides is 1. The molecule has 8 nitrogen and oxygen atoms in total. The van der Waals surface area contributed by atoms with Gasteiger partial charge in [0.05, 0.1) is 16.6 Å². The second kappa shape index (κ2) is 10.3. The molecule has 1 fully saturated rings. The van der Waals surface area contributed by atoms with Gasteiger partial charge < -0.3 is 10.1 Å². The molecule has 2 aromatic rings. The summed E-state index contributed by atoms with van der Waals surface area (Å²) < 4.78 is 34.7. The maximum atomic E-state index is 13.1. The van der Waals surface area contributed by atoms with E-state index in [1.807, 2.05) is 6.07 Å². The molecular weight excluding hydrogens is 452 g/mol. The fourth-order valence-corrected chi connectivity index (χ4v) is 5.80. The third-order valence-electron chi connectivity index (χ3n) is 6.72. The number of benzene rings is 1. The number of hydrogen-bond donors (Lipinski definition) is 2. The summed E-state index contributed by atoms with van der Waals surface area (Å²) in [6.45, 7) is 6.62. The number of fused-ring (bicyclic) bond motifs is 4. The Balaban J connectivity index is 1.72. The van der Waals surface area contributed by atoms with Crippen molar-refractivity contribution in [3.63, 3.8) is 0 Å². The topological polar surface area (TPSA) is 110 Å². The smallest absolute Gasteiger partial charge is 0.264 e. The van der Waals surface area contributed by atoms with Crippen LogP contribution in [0.1, 0.15) is 81.3 Å². The number of ether oxygens (including phenoxy) is 1. The molecule has 4 bridgehead atoms. The third-order valence-corrected chi connectivity index (χ3v) is 8.05. The summed E-state index contributed by atoms with van der Waals surface area (Å²) in [5.74, 6) is 1.28. The Kier molecular flexibility index (Phi) is 7.40. The average molecular weight is 487 g/mol. The number of aromatic nitrogens is 2. The molecule has 0 radical (unpaired) electrons. The number of carbonyl (C=O) groups is 1. The molecule has 0 spiro atoms. The number of anilines is 1. The van der Waals surface area contributed by atoms with Gasteiger partial charge in [0.25, 0.3) is 15.9 Å². The number of nitrogens with zero attached hydrogens (tertiary/aromatic N) is 2. The Bertz CT molecular complexity index is 1130. The van der Waals surface area contributed by atoms with Crippen LogP contribution in [0.3, 0.4) is 0 Å². The number of carbonyl (C=O) groups excluding carboxylic acids is 1. The largest absolute Gasteiger partial charge is 0.475 e. The first-order valence-corrected chi connectivity index (χ1v) is 13.7. The van der Waals surface area contributed by atoms with Crippen LogP contribution in [-0.4, -0.2) is 36.9 Å². The van der Waals surface area contributed by atoms with E-state index in [1.54, 1.807) is 12.1 Å². The zero-order valence-electron chi connectivity index (χ0n) is 20.1. The van der Waals surface area contributed by atoms with Crippen LogP contribution in [0.5, 0.6) is 5.88 Å². The van der Waals surface area contributed by atoms with E-state index >= 15 is 0 Å². The minimum absolute atomic E-state index is 0.00513. The first-order valence-electron chi connectivity index (χ1n) is 12.2. The molecule has 184 valence electrons. The van der Waals surface area contributed by atoms with Gasteiger partial charge in [-0.15, -0.1) is 0 Å². The molecule has 2 N–H and O–H groups in total. The average Bonchev–Trinajstić information content (AvgIpc) is 2.81. The zero-order valence-corrected chi connectivity index (χ0v) is 20.9. The van der Waals surface area contributed by atoms with E-state index in [0.29, 0.717) is 18.2 Å². The maximum absolute atomic E-state index is 13.1. The first-order chi connectivity index (χ1) is 16.2. The van der Waals surface area contributed by atoms with E-state index < -0.39 is 10.0 Å². The second-order valence-corrected chi connectivity index (χ2v) is 11.5. The van der Waals surface area contributed by atoms with Gasteiger partial charge >= 0.3 is 0 Å². The summed E-state index contributed by atoms with van der Waals surface area (Å²) in [5.41, 5.74) is 1.07. The molecule has 1 aromatic heterocycles. The highest BCUT2D eigenvalue weighted by molar-refractivity contribution is 7.92. The Labute approximate surface area is 202 Å². The second-order valence-electron chi connectivity index (χ2n) is 9.82. The summed E-state index contributed by atoms with van der Waals surface area (Å²) in [4.78, 5) is 21.8. The van der Waals surface area contributed by atoms with Gasteiger partial charge in [0.15, 0.2) is 0 Å². The molecule has 0 saturated heterocycles. The van der Waals surface area contributed by atoms with Crippen LogP contribution in [0.4, 0.5) is 5.95 Å². The van der Waals surface area contributed by atoms with E-state index in [0.717, 1.165) is 37.3 Å². The minimum Gasteiger partial charge on any atom is -0.475 e. The highest BCUT2D eigenvalue weighted by Crippen LogP contribution is 2.37. The van der Waals surface area contributed by atoms with Gasteiger partial charge in [-0.1, -0.05) is 33.3 Å². The number of nitrogens with one attached hydrogen (secondary N) is 2. The van der Waals surface area contributed by atoms with Gasteiger partial charge in [0.1, 0.15) is 6.61 Å². The van der Waals surface area contributed by atoms with Crippen LogP contribution in [0.15, 0.2) is 35.2 Å². The van der Waals surface area contributed by atoms with Crippen molar-refractivity contribution in [2.45, 2.75) is 76.2 Å². The van der Waals surface area contributed by atoms with E-state index in [9.17, 15) is 13.2 Å². The van der Waals surface area contributed by atoms with Crippen molar-refractivity contribution in [1.82, 2.24) is 15.3 Å². The van der Waals surface area contributed by atoms with Crippen LogP contribution < -0.4 is 14.8 Å². The van der Waals surface area contributed by atoms with Crippen molar-refractivity contribution < 1.29 is 17.9 Å². The molecule has 1 aliphatic carbocycles. The summed E-state index contributed by atoms with van der Waals surface area (Å²) in [7, 11) is -3.99. The first kappa shape index (κ1) is 24.4. The molecule has 0 unspecified atom stereocenters. The quantitative estimate of drug-likeness (QED) is 0.658. The van der Waals surface area contributed by atoms with E-state index in [4.69, 9.17) is 4.74 Å². The standard InChI is InChI=1S/C25H34N4O4S/c1-4-17-8-10-18(11-9-17)22-14-23-28-25(27-22)29-34(31,32)21-7-5-6-19(13-21)24(30)26-20(15-33-23)12-16(2)3/h5-7,13-14,16-18,20H,4,8-12,15H2,1-3H3,(H,26,30)(H,27,28,29)/t17?,18?,20-/m1/s1. The van der Waals surface area contributed by atoms with Gasteiger partial charge in [-0.05, 0) is 62.1 Å². The van der Waals surface area contributed by atoms with Gasteiger partial charge in [-0.3, -0.25) is 4.79 Å². The summed E-state index contributed by atoms with van der Waals surface area (Å²) in [6.07, 6.45) is 6.19. The highest BCUT2D eigenvalue weighted by Gasteiger charge is 2.26. The van der Waals surface area contributed by atoms with Gasteiger partial charge in [-0.2, -0.15) is 4.98 Å². The molecule has 9 heteroatoms. The van der Waals surface area contributed by atoms with Gasteiger partial charge in [0, 0.05) is 17.5 Å². The zero-order chi connectivity index (χ0) is 24.3. The number of sulfonamides is 1. The Morgan fingerprint density at radius 1 is 1.12 bits per heavy atom. The predicted molar refractivity (Wildman–Crippen MR) is 130 cm³/mol. The Hall–Kier alpha value is -2.68. The number of hydrogen-bond acceptors (Lipinski definition) is 6. The fraction of sp³-hybridized carbons (Fsp3) is 0.560. The molecule has 1 saturated carbocycles. The van der Waals surface area contributed by atoms with Crippen molar-refractivity contribution in [2.24, 2.45) is 11.8 Å². The molecule has 1 atom stereocenters. The molecule has 2 aliphatic rings. The van der Waals surface area contributed by atoms with Crippen molar-refractivity contribution >= 4 is 21.9 Å². The van der Waals surface area contributed by atoms with Crippen molar-refractivity contribution in [2.75, 3.05) is 11.3 Å². The van der Waals surface area contributed by atoms with Crippen LogP contribution in [0.2, 0.25) is 0 Å². The number of rotatable bonds is 4. The Morgan fingerprint density at radius 3 is 2.59 bits per heavy atom. The van der Waals surface area contributed by atoms with E-state index in [2.05, 4.69) is 40.8 Å². The maximum Gasteiger partial charge on any atom is 0.264 e. The Morgan fingerprint density at radius 2 is 1.88 bits per heavy atom.